The zero-order valence-corrected chi connectivity index (χ0v) is 16.2. The Balaban J connectivity index is 1.62. The third kappa shape index (κ3) is 2.34. The van der Waals surface area contributed by atoms with Gasteiger partial charge in [0.25, 0.3) is 0 Å². The van der Waals surface area contributed by atoms with Gasteiger partial charge in [0.1, 0.15) is 23.2 Å². The molecule has 3 aliphatic rings. The highest BCUT2D eigenvalue weighted by atomic mass is 19.1. The largest absolute Gasteiger partial charge is 0.460 e. The second-order valence-electron chi connectivity index (χ2n) is 7.73. The van der Waals surface area contributed by atoms with Crippen LogP contribution in [0.3, 0.4) is 0 Å². The molecule has 0 N–H and O–H groups in total. The highest BCUT2D eigenvalue weighted by Gasteiger charge is 2.61. The van der Waals surface area contributed by atoms with E-state index in [9.17, 15) is 14.0 Å². The number of hydrogen-bond acceptors (Lipinski definition) is 4. The van der Waals surface area contributed by atoms with E-state index in [-0.39, 0.29) is 5.78 Å². The van der Waals surface area contributed by atoms with Crippen LogP contribution in [0.15, 0.2) is 90.7 Å². The second kappa shape index (κ2) is 6.25. The third-order valence-electron chi connectivity index (χ3n) is 6.08. The van der Waals surface area contributed by atoms with Crippen molar-refractivity contribution in [3.8, 4) is 5.75 Å². The van der Waals surface area contributed by atoms with Crippen molar-refractivity contribution in [2.75, 3.05) is 0 Å². The van der Waals surface area contributed by atoms with Crippen molar-refractivity contribution in [3.05, 3.63) is 119 Å². The molecule has 3 aromatic rings. The Morgan fingerprint density at radius 2 is 1.61 bits per heavy atom. The number of ether oxygens (including phenoxy) is 2. The number of ketones is 1. The number of Topliss-reactive ketones (excluding diaryl/α,β-unsaturated/α-hetero) is 1. The summed E-state index contributed by atoms with van der Waals surface area (Å²) < 4.78 is 26.0. The van der Waals surface area contributed by atoms with Crippen molar-refractivity contribution in [2.45, 2.75) is 5.60 Å². The summed E-state index contributed by atoms with van der Waals surface area (Å²) in [4.78, 5) is 26.7. The number of benzene rings is 3. The fourth-order valence-corrected chi connectivity index (χ4v) is 4.80. The van der Waals surface area contributed by atoms with Crippen LogP contribution in [-0.4, -0.2) is 11.8 Å². The number of esters is 1. The van der Waals surface area contributed by atoms with Crippen molar-refractivity contribution in [2.24, 2.45) is 5.92 Å². The SMILES string of the molecule is O=C1OC2(c3ccccc3OC3=CC=C(c4cccc(F)c4)C(=O)C32)c2ccccc21. The molecule has 3 aromatic carbocycles. The molecule has 2 aliphatic heterocycles. The van der Waals surface area contributed by atoms with Gasteiger partial charge in [-0.05, 0) is 42.0 Å². The van der Waals surface area contributed by atoms with E-state index in [2.05, 4.69) is 0 Å². The number of carbonyl (C=O) groups excluding carboxylic acids is 2. The molecule has 0 amide bonds. The van der Waals surface area contributed by atoms with Gasteiger partial charge in [-0.2, -0.15) is 0 Å². The zero-order valence-electron chi connectivity index (χ0n) is 16.2. The number of hydrogen-bond donors (Lipinski definition) is 0. The van der Waals surface area contributed by atoms with Gasteiger partial charge in [-0.15, -0.1) is 0 Å². The number of halogens is 1. The number of carbonyl (C=O) groups is 2. The summed E-state index contributed by atoms with van der Waals surface area (Å²) in [7, 11) is 0. The molecular weight excluding hydrogens is 395 g/mol. The Labute approximate surface area is 177 Å². The summed E-state index contributed by atoms with van der Waals surface area (Å²) in [6.45, 7) is 0. The molecule has 2 heterocycles. The van der Waals surface area contributed by atoms with E-state index >= 15 is 0 Å². The van der Waals surface area contributed by atoms with Gasteiger partial charge in [0.05, 0.1) is 5.56 Å². The highest BCUT2D eigenvalue weighted by Crippen LogP contribution is 2.57. The molecule has 5 heteroatoms. The number of allylic oxidation sites excluding steroid dienone is 3. The molecule has 2 unspecified atom stereocenters. The van der Waals surface area contributed by atoms with E-state index < -0.39 is 23.3 Å². The molecule has 31 heavy (non-hydrogen) atoms. The minimum Gasteiger partial charge on any atom is -0.460 e. The molecule has 4 nitrogen and oxygen atoms in total. The molecule has 0 aromatic heterocycles. The maximum absolute atomic E-state index is 13.9. The van der Waals surface area contributed by atoms with Crippen LogP contribution >= 0.6 is 0 Å². The summed E-state index contributed by atoms with van der Waals surface area (Å²) in [5.74, 6) is -1.20. The smallest absolute Gasteiger partial charge is 0.339 e. The lowest BCUT2D eigenvalue weighted by Gasteiger charge is -2.43. The predicted octanol–water partition coefficient (Wildman–Crippen LogP) is 4.80. The van der Waals surface area contributed by atoms with Crippen LogP contribution in [0.5, 0.6) is 5.75 Å². The predicted molar refractivity (Wildman–Crippen MR) is 111 cm³/mol. The molecule has 2 atom stereocenters. The lowest BCUT2D eigenvalue weighted by molar-refractivity contribution is -0.124. The normalized spacial score (nSPS) is 23.2. The third-order valence-corrected chi connectivity index (χ3v) is 6.08. The first-order valence-corrected chi connectivity index (χ1v) is 9.92. The fourth-order valence-electron chi connectivity index (χ4n) is 4.80. The van der Waals surface area contributed by atoms with E-state index in [1.165, 1.54) is 12.1 Å². The second-order valence-corrected chi connectivity index (χ2v) is 7.73. The van der Waals surface area contributed by atoms with Gasteiger partial charge in [-0.1, -0.05) is 48.5 Å². The lowest BCUT2D eigenvalue weighted by Crippen LogP contribution is -2.47. The Bertz CT molecular complexity index is 1350. The van der Waals surface area contributed by atoms with Crippen LogP contribution in [0.1, 0.15) is 27.0 Å². The van der Waals surface area contributed by atoms with Crippen LogP contribution in [0.25, 0.3) is 5.57 Å². The van der Waals surface area contributed by atoms with Gasteiger partial charge in [-0.25, -0.2) is 9.18 Å². The van der Waals surface area contributed by atoms with E-state index in [0.29, 0.717) is 39.3 Å². The molecule has 0 radical (unpaired) electrons. The average Bonchev–Trinajstić information content (AvgIpc) is 3.07. The summed E-state index contributed by atoms with van der Waals surface area (Å²) in [6.07, 6.45) is 3.34. The molecule has 6 rings (SSSR count). The molecule has 1 aliphatic carbocycles. The quantitative estimate of drug-likeness (QED) is 0.541. The van der Waals surface area contributed by atoms with E-state index in [4.69, 9.17) is 9.47 Å². The van der Waals surface area contributed by atoms with Crippen LogP contribution < -0.4 is 4.74 Å². The Morgan fingerprint density at radius 3 is 2.45 bits per heavy atom. The standard InChI is InChI=1S/C26H15FO4/c27-16-7-5-6-15(14-16)17-12-13-22-23(24(17)28)26(20-10-3-4-11-21(20)30-22)19-9-2-1-8-18(19)25(29)31-26/h1-14,23H. The summed E-state index contributed by atoms with van der Waals surface area (Å²) in [5.41, 5.74) is 1.12. The minimum absolute atomic E-state index is 0.290. The molecular formula is C26H15FO4. The maximum Gasteiger partial charge on any atom is 0.339 e. The summed E-state index contributed by atoms with van der Waals surface area (Å²) in [6, 6.07) is 20.2. The number of fused-ring (bicyclic) bond motifs is 6. The van der Waals surface area contributed by atoms with Gasteiger partial charge in [0.15, 0.2) is 11.4 Å². The first-order chi connectivity index (χ1) is 15.1. The topological polar surface area (TPSA) is 52.6 Å². The number of rotatable bonds is 1. The molecule has 0 bridgehead atoms. The first kappa shape index (κ1) is 17.8. The first-order valence-electron chi connectivity index (χ1n) is 9.92. The lowest BCUT2D eigenvalue weighted by atomic mass is 9.68. The zero-order chi connectivity index (χ0) is 21.2. The van der Waals surface area contributed by atoms with Crippen molar-refractivity contribution < 1.29 is 23.5 Å². The van der Waals surface area contributed by atoms with Gasteiger partial charge in [0.2, 0.25) is 0 Å². The summed E-state index contributed by atoms with van der Waals surface area (Å²) in [5, 5.41) is 0. The average molecular weight is 410 g/mol. The monoisotopic (exact) mass is 410 g/mol. The maximum atomic E-state index is 13.9. The van der Waals surface area contributed by atoms with E-state index in [1.807, 2.05) is 30.3 Å². The minimum atomic E-state index is -1.35. The van der Waals surface area contributed by atoms with Crippen molar-refractivity contribution in [3.63, 3.8) is 0 Å². The van der Waals surface area contributed by atoms with Crippen molar-refractivity contribution >= 4 is 17.3 Å². The van der Waals surface area contributed by atoms with Crippen molar-refractivity contribution in [1.82, 2.24) is 0 Å². The van der Waals surface area contributed by atoms with Crippen LogP contribution in [0.4, 0.5) is 4.39 Å². The van der Waals surface area contributed by atoms with E-state index in [0.717, 1.165) is 0 Å². The summed E-state index contributed by atoms with van der Waals surface area (Å²) >= 11 is 0. The van der Waals surface area contributed by atoms with Gasteiger partial charge in [0, 0.05) is 16.7 Å². The van der Waals surface area contributed by atoms with Crippen LogP contribution in [0, 0.1) is 11.7 Å². The van der Waals surface area contributed by atoms with Crippen molar-refractivity contribution in [1.29, 1.82) is 0 Å². The Hall–Kier alpha value is -3.99. The van der Waals surface area contributed by atoms with Crippen LogP contribution in [-0.2, 0) is 15.1 Å². The van der Waals surface area contributed by atoms with E-state index in [1.54, 1.807) is 42.5 Å². The fraction of sp³-hybridized carbons (Fsp3) is 0.0769. The highest BCUT2D eigenvalue weighted by molar-refractivity contribution is 6.24. The molecule has 1 spiro atoms. The van der Waals surface area contributed by atoms with Crippen LogP contribution in [0.2, 0.25) is 0 Å². The Kier molecular flexibility index (Phi) is 3.60. The van der Waals surface area contributed by atoms with Gasteiger partial charge < -0.3 is 9.47 Å². The van der Waals surface area contributed by atoms with Gasteiger partial charge >= 0.3 is 5.97 Å². The molecule has 0 saturated carbocycles. The number of para-hydroxylation sites is 1. The van der Waals surface area contributed by atoms with Gasteiger partial charge in [-0.3, -0.25) is 4.79 Å². The molecule has 150 valence electrons. The molecule has 0 saturated heterocycles. The Morgan fingerprint density at radius 1 is 0.839 bits per heavy atom. The molecule has 0 fully saturated rings.